The maximum atomic E-state index is 11.6. The Morgan fingerprint density at radius 3 is 2.39 bits per heavy atom. The number of carbonyl (C=O) groups excluding carboxylic acids is 1. The molecule has 23 heavy (non-hydrogen) atoms. The quantitative estimate of drug-likeness (QED) is 0.628. The van der Waals surface area contributed by atoms with E-state index < -0.39 is 36.3 Å². The Bertz CT molecular complexity index is 415. The summed E-state index contributed by atoms with van der Waals surface area (Å²) in [5, 5.41) is 12.3. The number of rotatable bonds is 9. The van der Waals surface area contributed by atoms with E-state index in [1.807, 2.05) is 0 Å². The third-order valence-corrected chi connectivity index (χ3v) is 4.44. The lowest BCUT2D eigenvalue weighted by Gasteiger charge is -2.41. The van der Waals surface area contributed by atoms with Crippen molar-refractivity contribution in [3.05, 3.63) is 0 Å². The van der Waals surface area contributed by atoms with Crippen molar-refractivity contribution in [2.45, 2.75) is 70.3 Å². The molecular formula is C16H27NO6. The number of aliphatic carboxylic acids is 1. The summed E-state index contributed by atoms with van der Waals surface area (Å²) >= 11 is 0. The largest absolute Gasteiger partial charge is 0.481 e. The number of alkyl carbamates (subject to hydrolysis) is 1. The topological polar surface area (TPSA) is 94.1 Å². The Morgan fingerprint density at radius 2 is 1.83 bits per heavy atom. The van der Waals surface area contributed by atoms with Gasteiger partial charge in [0.2, 0.25) is 0 Å². The van der Waals surface area contributed by atoms with Crippen LogP contribution in [0, 0.1) is 5.92 Å². The Kier molecular flexibility index (Phi) is 6.65. The number of fused-ring (bicyclic) bond motifs is 1. The summed E-state index contributed by atoms with van der Waals surface area (Å²) in [4.78, 5) is 23.2. The standard InChI is InChI=1S/C16H27NO6/c1-3-5-7-21-13-10(15(18)19)9-11-12(17-16(20)23-11)14(13)22-8-6-4-2/h10-14H,3-9H2,1-2H3,(H,17,20)(H,18,19)/t10-,11-,12-,13+,14+/m0/s1. The summed E-state index contributed by atoms with van der Waals surface area (Å²) in [5.74, 6) is -1.66. The van der Waals surface area contributed by atoms with E-state index in [0.29, 0.717) is 13.2 Å². The lowest BCUT2D eigenvalue weighted by molar-refractivity contribution is -0.172. The van der Waals surface area contributed by atoms with E-state index in [-0.39, 0.29) is 12.5 Å². The van der Waals surface area contributed by atoms with Gasteiger partial charge in [0.25, 0.3) is 0 Å². The Balaban J connectivity index is 2.14. The molecule has 5 atom stereocenters. The van der Waals surface area contributed by atoms with Crippen molar-refractivity contribution < 1.29 is 28.9 Å². The lowest BCUT2D eigenvalue weighted by atomic mass is 9.79. The first-order valence-corrected chi connectivity index (χ1v) is 8.51. The number of carbonyl (C=O) groups is 2. The molecular weight excluding hydrogens is 302 g/mol. The van der Waals surface area contributed by atoms with E-state index in [1.54, 1.807) is 0 Å². The second-order valence-corrected chi connectivity index (χ2v) is 6.17. The maximum absolute atomic E-state index is 11.6. The van der Waals surface area contributed by atoms with Gasteiger partial charge >= 0.3 is 12.1 Å². The second-order valence-electron chi connectivity index (χ2n) is 6.17. The predicted octanol–water partition coefficient (Wildman–Crippen LogP) is 1.94. The van der Waals surface area contributed by atoms with Crippen molar-refractivity contribution >= 4 is 12.1 Å². The van der Waals surface area contributed by atoms with Crippen LogP contribution in [0.2, 0.25) is 0 Å². The summed E-state index contributed by atoms with van der Waals surface area (Å²) in [6.07, 6.45) is 1.89. The van der Waals surface area contributed by atoms with Crippen LogP contribution in [0.5, 0.6) is 0 Å². The van der Waals surface area contributed by atoms with E-state index in [1.165, 1.54) is 0 Å². The summed E-state index contributed by atoms with van der Waals surface area (Å²) in [6.45, 7) is 5.11. The third-order valence-electron chi connectivity index (χ3n) is 4.44. The molecule has 2 rings (SSSR count). The van der Waals surface area contributed by atoms with Gasteiger partial charge in [-0.25, -0.2) is 4.79 Å². The molecule has 0 spiro atoms. The average molecular weight is 329 g/mol. The average Bonchev–Trinajstić information content (AvgIpc) is 2.88. The number of carboxylic acids is 1. The van der Waals surface area contributed by atoms with Crippen molar-refractivity contribution in [1.82, 2.24) is 5.32 Å². The molecule has 2 N–H and O–H groups in total. The highest BCUT2D eigenvalue weighted by molar-refractivity contribution is 5.73. The van der Waals surface area contributed by atoms with Crippen molar-refractivity contribution in [2.24, 2.45) is 5.92 Å². The molecule has 1 aliphatic heterocycles. The zero-order valence-electron chi connectivity index (χ0n) is 13.8. The highest BCUT2D eigenvalue weighted by atomic mass is 16.6. The van der Waals surface area contributed by atoms with Crippen LogP contribution in [-0.4, -0.2) is 54.7 Å². The highest BCUT2D eigenvalue weighted by Gasteiger charge is 2.53. The van der Waals surface area contributed by atoms with Crippen LogP contribution in [-0.2, 0) is 19.0 Å². The molecule has 1 saturated heterocycles. The van der Waals surface area contributed by atoms with Crippen LogP contribution in [0.3, 0.4) is 0 Å². The molecule has 0 radical (unpaired) electrons. The van der Waals surface area contributed by atoms with Gasteiger partial charge in [-0.2, -0.15) is 0 Å². The number of nitrogens with one attached hydrogen (secondary N) is 1. The van der Waals surface area contributed by atoms with Crippen LogP contribution < -0.4 is 5.32 Å². The van der Waals surface area contributed by atoms with Crippen LogP contribution in [0.1, 0.15) is 46.0 Å². The normalized spacial score (nSPS) is 33.0. The van der Waals surface area contributed by atoms with Gasteiger partial charge in [-0.05, 0) is 12.8 Å². The van der Waals surface area contributed by atoms with E-state index >= 15 is 0 Å². The van der Waals surface area contributed by atoms with Gasteiger partial charge in [-0.1, -0.05) is 26.7 Å². The molecule has 0 aromatic rings. The molecule has 0 aromatic carbocycles. The molecule has 1 heterocycles. The maximum Gasteiger partial charge on any atom is 0.407 e. The minimum Gasteiger partial charge on any atom is -0.481 e. The zero-order valence-corrected chi connectivity index (χ0v) is 13.8. The fourth-order valence-electron chi connectivity index (χ4n) is 3.16. The van der Waals surface area contributed by atoms with E-state index in [9.17, 15) is 14.7 Å². The van der Waals surface area contributed by atoms with Crippen LogP contribution in [0.15, 0.2) is 0 Å². The molecule has 0 bridgehead atoms. The Hall–Kier alpha value is -1.34. The van der Waals surface area contributed by atoms with Gasteiger partial charge < -0.3 is 24.6 Å². The monoisotopic (exact) mass is 329 g/mol. The lowest BCUT2D eigenvalue weighted by Crippen LogP contribution is -2.59. The number of unbranched alkanes of at least 4 members (excludes halogenated alkanes) is 2. The van der Waals surface area contributed by atoms with Crippen molar-refractivity contribution in [2.75, 3.05) is 13.2 Å². The highest BCUT2D eigenvalue weighted by Crippen LogP contribution is 2.34. The number of hydrogen-bond donors (Lipinski definition) is 2. The first kappa shape index (κ1) is 18.0. The van der Waals surface area contributed by atoms with Gasteiger partial charge in [-0.15, -0.1) is 0 Å². The molecule has 7 heteroatoms. The number of amides is 1. The zero-order chi connectivity index (χ0) is 16.8. The molecule has 2 fully saturated rings. The molecule has 7 nitrogen and oxygen atoms in total. The van der Waals surface area contributed by atoms with Gasteiger partial charge in [-0.3, -0.25) is 4.79 Å². The first-order chi connectivity index (χ1) is 11.1. The smallest absolute Gasteiger partial charge is 0.407 e. The molecule has 2 aliphatic rings. The van der Waals surface area contributed by atoms with E-state index in [4.69, 9.17) is 14.2 Å². The van der Waals surface area contributed by atoms with E-state index in [0.717, 1.165) is 25.7 Å². The summed E-state index contributed by atoms with van der Waals surface area (Å²) in [6, 6.07) is -0.346. The molecule has 1 amide bonds. The van der Waals surface area contributed by atoms with Crippen LogP contribution in [0.4, 0.5) is 4.79 Å². The molecule has 1 aliphatic carbocycles. The minimum absolute atomic E-state index is 0.253. The minimum atomic E-state index is -0.933. The van der Waals surface area contributed by atoms with Crippen LogP contribution >= 0.6 is 0 Å². The van der Waals surface area contributed by atoms with Crippen molar-refractivity contribution in [3.8, 4) is 0 Å². The Morgan fingerprint density at radius 1 is 1.22 bits per heavy atom. The molecule has 1 saturated carbocycles. The van der Waals surface area contributed by atoms with Gasteiger partial charge in [0.05, 0.1) is 18.1 Å². The number of carboxylic acid groups (broad SMARTS) is 1. The van der Waals surface area contributed by atoms with E-state index in [2.05, 4.69) is 19.2 Å². The first-order valence-electron chi connectivity index (χ1n) is 8.51. The summed E-state index contributed by atoms with van der Waals surface area (Å²) in [7, 11) is 0. The van der Waals surface area contributed by atoms with Gasteiger partial charge in [0, 0.05) is 19.6 Å². The fourth-order valence-corrected chi connectivity index (χ4v) is 3.16. The second kappa shape index (κ2) is 8.49. The Labute approximate surface area is 136 Å². The molecule has 132 valence electrons. The van der Waals surface area contributed by atoms with Crippen molar-refractivity contribution in [1.29, 1.82) is 0 Å². The number of ether oxygens (including phenoxy) is 3. The number of hydrogen-bond acceptors (Lipinski definition) is 5. The van der Waals surface area contributed by atoms with Crippen molar-refractivity contribution in [3.63, 3.8) is 0 Å². The SMILES string of the molecule is CCCCO[C@@H]1[C@H]2NC(=O)O[C@H]2C[C@H](C(=O)O)[C@H]1OCCCC. The third kappa shape index (κ3) is 4.35. The predicted molar refractivity (Wildman–Crippen MR) is 82.2 cm³/mol. The fraction of sp³-hybridized carbons (Fsp3) is 0.875. The van der Waals surface area contributed by atoms with Gasteiger partial charge in [0.15, 0.2) is 0 Å². The molecule has 0 aromatic heterocycles. The van der Waals surface area contributed by atoms with Crippen LogP contribution in [0.25, 0.3) is 0 Å². The molecule has 0 unspecified atom stereocenters. The summed E-state index contributed by atoms with van der Waals surface area (Å²) in [5.41, 5.74) is 0. The summed E-state index contributed by atoms with van der Waals surface area (Å²) < 4.78 is 17.0. The van der Waals surface area contributed by atoms with Gasteiger partial charge in [0.1, 0.15) is 12.2 Å².